The van der Waals surface area contributed by atoms with Crippen LogP contribution in [0.15, 0.2) is 97.7 Å². The Hall–Kier alpha value is -2.79. The third kappa shape index (κ3) is 5.78. The van der Waals surface area contributed by atoms with Crippen molar-refractivity contribution < 1.29 is 18.0 Å². The number of anilines is 2. The summed E-state index contributed by atoms with van der Waals surface area (Å²) in [7, 11) is -3.79. The lowest BCUT2D eigenvalue weighted by Crippen LogP contribution is -2.38. The zero-order chi connectivity index (χ0) is 26.0. The number of nitrogens with one attached hydrogen (secondary N) is 2. The molecule has 4 rings (SSSR count). The normalized spacial score (nSPS) is 14.1. The quantitative estimate of drug-likeness (QED) is 0.301. The molecule has 0 atom stereocenters. The van der Waals surface area contributed by atoms with Gasteiger partial charge in [-0.2, -0.15) is 0 Å². The van der Waals surface area contributed by atoms with Crippen molar-refractivity contribution in [3.8, 4) is 0 Å². The van der Waals surface area contributed by atoms with Gasteiger partial charge in [0.15, 0.2) is 0 Å². The van der Waals surface area contributed by atoms with E-state index in [4.69, 9.17) is 11.6 Å². The van der Waals surface area contributed by atoms with E-state index < -0.39 is 15.9 Å². The molecule has 3 aromatic carbocycles. The second kappa shape index (κ2) is 10.7. The Labute approximate surface area is 227 Å². The van der Waals surface area contributed by atoms with Crippen LogP contribution in [0.5, 0.6) is 0 Å². The van der Waals surface area contributed by atoms with Crippen molar-refractivity contribution in [2.24, 2.45) is 0 Å². The van der Waals surface area contributed by atoms with Gasteiger partial charge < -0.3 is 5.32 Å². The third-order valence-corrected chi connectivity index (χ3v) is 8.42. The highest BCUT2D eigenvalue weighted by atomic mass is 79.9. The molecule has 0 spiro atoms. The minimum atomic E-state index is -3.79. The summed E-state index contributed by atoms with van der Waals surface area (Å²) in [4.78, 5) is 28.4. The molecule has 0 saturated heterocycles. The van der Waals surface area contributed by atoms with Gasteiger partial charge in [-0.15, -0.1) is 0 Å². The number of rotatable bonds is 8. The summed E-state index contributed by atoms with van der Waals surface area (Å²) in [5.74, 6) is -0.778. The maximum Gasteiger partial charge on any atom is 0.278 e. The lowest BCUT2D eigenvalue weighted by Gasteiger charge is -2.19. The van der Waals surface area contributed by atoms with Gasteiger partial charge in [-0.1, -0.05) is 39.3 Å². The van der Waals surface area contributed by atoms with Gasteiger partial charge in [0.1, 0.15) is 10.6 Å². The predicted molar refractivity (Wildman–Crippen MR) is 146 cm³/mol. The van der Waals surface area contributed by atoms with Crippen molar-refractivity contribution in [3.05, 3.63) is 92.9 Å². The molecule has 0 unspecified atom stereocenters. The highest BCUT2D eigenvalue weighted by Gasteiger charge is 2.40. The Bertz CT molecular complexity index is 1440. The van der Waals surface area contributed by atoms with Crippen LogP contribution in [0.3, 0.4) is 0 Å². The van der Waals surface area contributed by atoms with Crippen molar-refractivity contribution in [2.45, 2.75) is 29.7 Å². The van der Waals surface area contributed by atoms with Crippen LogP contribution in [0.4, 0.5) is 11.4 Å². The maximum absolute atomic E-state index is 13.1. The lowest BCUT2D eigenvalue weighted by molar-refractivity contribution is -0.139. The fourth-order valence-electron chi connectivity index (χ4n) is 3.41. The molecule has 0 aliphatic carbocycles. The first-order valence-electron chi connectivity index (χ1n) is 10.8. The van der Waals surface area contributed by atoms with Crippen LogP contribution in [0.2, 0.25) is 5.02 Å². The lowest BCUT2D eigenvalue weighted by atomic mass is 10.3. The van der Waals surface area contributed by atoms with Crippen LogP contribution in [0.25, 0.3) is 0 Å². The summed E-state index contributed by atoms with van der Waals surface area (Å²) in [6, 6.07) is 19.4. The average Bonchev–Trinajstić information content (AvgIpc) is 3.05. The molecule has 0 bridgehead atoms. The standard InChI is InChI=1S/C25H21BrClN3O4S2/c1-15(2)30-24(31)22(28-18-7-3-16(26)4-8-18)23(25(30)32)35-20-11-9-19(10-12-20)29-36(33,34)21-13-5-17(27)6-14-21/h3-15,28-29H,1-2H3. The van der Waals surface area contributed by atoms with Crippen LogP contribution in [-0.4, -0.2) is 31.2 Å². The zero-order valence-corrected chi connectivity index (χ0v) is 23.1. The number of hydrogen-bond donors (Lipinski definition) is 2. The summed E-state index contributed by atoms with van der Waals surface area (Å²) in [5.41, 5.74) is 1.23. The van der Waals surface area contributed by atoms with Gasteiger partial charge in [-0.05, 0) is 86.6 Å². The van der Waals surface area contributed by atoms with E-state index in [1.54, 1.807) is 50.2 Å². The largest absolute Gasteiger partial charge is 0.350 e. The van der Waals surface area contributed by atoms with Crippen molar-refractivity contribution in [2.75, 3.05) is 10.0 Å². The van der Waals surface area contributed by atoms with Crippen LogP contribution < -0.4 is 10.0 Å². The summed E-state index contributed by atoms with van der Waals surface area (Å²) in [6.07, 6.45) is 0. The summed E-state index contributed by atoms with van der Waals surface area (Å²) in [6.45, 7) is 3.56. The highest BCUT2D eigenvalue weighted by molar-refractivity contribution is 9.10. The van der Waals surface area contributed by atoms with Gasteiger partial charge in [-0.25, -0.2) is 8.42 Å². The van der Waals surface area contributed by atoms with E-state index in [0.29, 0.717) is 21.3 Å². The molecule has 36 heavy (non-hydrogen) atoms. The van der Waals surface area contributed by atoms with Crippen LogP contribution in [0.1, 0.15) is 13.8 Å². The Morgan fingerprint density at radius 2 is 1.44 bits per heavy atom. The molecular formula is C25H21BrClN3O4S2. The summed E-state index contributed by atoms with van der Waals surface area (Å²) >= 11 is 10.4. The predicted octanol–water partition coefficient (Wildman–Crippen LogP) is 6.10. The zero-order valence-electron chi connectivity index (χ0n) is 19.2. The Balaban J connectivity index is 1.57. The van der Waals surface area contributed by atoms with Gasteiger partial charge in [0.2, 0.25) is 0 Å². The molecule has 1 aliphatic rings. The van der Waals surface area contributed by atoms with Crippen molar-refractivity contribution in [3.63, 3.8) is 0 Å². The van der Waals surface area contributed by atoms with Crippen LogP contribution in [0, 0.1) is 0 Å². The number of halogens is 2. The van der Waals surface area contributed by atoms with Crippen molar-refractivity contribution in [1.29, 1.82) is 0 Å². The molecule has 0 saturated carbocycles. The Kier molecular flexibility index (Phi) is 7.79. The van der Waals surface area contributed by atoms with E-state index in [-0.39, 0.29) is 27.4 Å². The average molecular weight is 607 g/mol. The number of nitrogens with zero attached hydrogens (tertiary/aromatic N) is 1. The maximum atomic E-state index is 13.1. The molecule has 11 heteroatoms. The molecule has 0 fully saturated rings. The first kappa shape index (κ1) is 26.3. The molecule has 0 aromatic heterocycles. The SMILES string of the molecule is CC(C)N1C(=O)C(Nc2ccc(Br)cc2)=C(Sc2ccc(NS(=O)(=O)c3ccc(Cl)cc3)cc2)C1=O. The summed E-state index contributed by atoms with van der Waals surface area (Å²) in [5, 5.41) is 3.53. The van der Waals surface area contributed by atoms with E-state index >= 15 is 0 Å². The number of carbonyl (C=O) groups excluding carboxylic acids is 2. The molecule has 186 valence electrons. The van der Waals surface area contributed by atoms with E-state index in [1.165, 1.54) is 29.2 Å². The third-order valence-electron chi connectivity index (χ3n) is 5.15. The fourth-order valence-corrected chi connectivity index (χ4v) is 5.80. The minimum Gasteiger partial charge on any atom is -0.350 e. The molecule has 0 radical (unpaired) electrons. The minimum absolute atomic E-state index is 0.0861. The Morgan fingerprint density at radius 3 is 2.03 bits per heavy atom. The smallest absolute Gasteiger partial charge is 0.278 e. The topological polar surface area (TPSA) is 95.6 Å². The number of thioether (sulfide) groups is 1. The Morgan fingerprint density at radius 1 is 0.861 bits per heavy atom. The first-order valence-corrected chi connectivity index (χ1v) is 14.2. The number of benzene rings is 3. The number of sulfonamides is 1. The van der Waals surface area contributed by atoms with E-state index in [1.807, 2.05) is 12.1 Å². The van der Waals surface area contributed by atoms with E-state index in [2.05, 4.69) is 26.0 Å². The second-order valence-electron chi connectivity index (χ2n) is 8.10. The van der Waals surface area contributed by atoms with Gasteiger partial charge in [0.05, 0.1) is 4.90 Å². The molecular weight excluding hydrogens is 586 g/mol. The fraction of sp³-hybridized carbons (Fsp3) is 0.120. The molecule has 2 amide bonds. The van der Waals surface area contributed by atoms with Crippen LogP contribution >= 0.6 is 39.3 Å². The molecule has 1 aliphatic heterocycles. The van der Waals surface area contributed by atoms with Crippen molar-refractivity contribution >= 4 is 72.5 Å². The molecule has 1 heterocycles. The molecule has 7 nitrogen and oxygen atoms in total. The van der Waals surface area contributed by atoms with Gasteiger partial charge in [0.25, 0.3) is 21.8 Å². The summed E-state index contributed by atoms with van der Waals surface area (Å²) < 4.78 is 28.7. The number of amides is 2. The highest BCUT2D eigenvalue weighted by Crippen LogP contribution is 2.37. The molecule has 2 N–H and O–H groups in total. The monoisotopic (exact) mass is 605 g/mol. The molecule has 3 aromatic rings. The first-order chi connectivity index (χ1) is 17.0. The number of carbonyl (C=O) groups is 2. The second-order valence-corrected chi connectivity index (χ2v) is 12.2. The van der Waals surface area contributed by atoms with Gasteiger partial charge >= 0.3 is 0 Å². The van der Waals surface area contributed by atoms with Gasteiger partial charge in [-0.3, -0.25) is 19.2 Å². The van der Waals surface area contributed by atoms with Gasteiger partial charge in [0, 0.05) is 31.8 Å². The number of imide groups is 1. The number of hydrogen-bond acceptors (Lipinski definition) is 6. The van der Waals surface area contributed by atoms with E-state index in [9.17, 15) is 18.0 Å². The van der Waals surface area contributed by atoms with E-state index in [0.717, 1.165) is 16.2 Å². The van der Waals surface area contributed by atoms with Crippen LogP contribution in [-0.2, 0) is 19.6 Å². The van der Waals surface area contributed by atoms with Crippen molar-refractivity contribution in [1.82, 2.24) is 4.90 Å².